The van der Waals surface area contributed by atoms with Crippen molar-refractivity contribution in [1.82, 2.24) is 0 Å². The Morgan fingerprint density at radius 2 is 1.00 bits per heavy atom. The zero-order chi connectivity index (χ0) is 12.9. The van der Waals surface area contributed by atoms with Gasteiger partial charge >= 0.3 is 0 Å². The quantitative estimate of drug-likeness (QED) is 0.271. The molecule has 0 fully saturated rings. The number of rotatable bonds is 7. The van der Waals surface area contributed by atoms with Crippen molar-refractivity contribution in [3.8, 4) is 0 Å². The van der Waals surface area contributed by atoms with Crippen LogP contribution in [0.25, 0.3) is 0 Å². The van der Waals surface area contributed by atoms with E-state index in [-0.39, 0.29) is 60.5 Å². The van der Waals surface area contributed by atoms with Crippen LogP contribution in [-0.4, -0.2) is 0 Å². The van der Waals surface area contributed by atoms with Crippen molar-refractivity contribution >= 4 is 129 Å². The average molecular weight is 565 g/mol. The molecule has 0 saturated carbocycles. The van der Waals surface area contributed by atoms with Crippen molar-refractivity contribution in [1.29, 1.82) is 0 Å². The van der Waals surface area contributed by atoms with Gasteiger partial charge in [-0.15, -0.1) is 71.4 Å². The third-order valence-corrected chi connectivity index (χ3v) is 94.9. The number of hydrogen-bond donors (Lipinski definition) is 0. The van der Waals surface area contributed by atoms with Gasteiger partial charge in [0.1, 0.15) is 0 Å². The molecule has 0 nitrogen and oxygen atoms in total. The summed E-state index contributed by atoms with van der Waals surface area (Å²) in [7, 11) is 26.8. The van der Waals surface area contributed by atoms with Crippen molar-refractivity contribution in [3.63, 3.8) is 0 Å². The second kappa shape index (κ2) is 15.7. The summed E-state index contributed by atoms with van der Waals surface area (Å²) in [6.07, 6.45) is 0. The van der Waals surface area contributed by atoms with Gasteiger partial charge in [0.25, 0.3) is 0 Å². The molecule has 0 saturated heterocycles. The van der Waals surface area contributed by atoms with Gasteiger partial charge < -0.3 is 0 Å². The molecule has 12 atom stereocenters. The van der Waals surface area contributed by atoms with Gasteiger partial charge in [-0.3, -0.25) is 0 Å². The standard InChI is InChI=1S/H18P16.V/c1-9-14(8)16(13(6)7)10-15(11(2)3)12(4)5;/h9-10H,1-8H2;. The molecule has 0 aromatic carbocycles. The van der Waals surface area contributed by atoms with Gasteiger partial charge in [-0.25, -0.2) is 0 Å². The summed E-state index contributed by atoms with van der Waals surface area (Å²) in [5.74, 6) is 0. The van der Waals surface area contributed by atoms with E-state index in [9.17, 15) is 0 Å². The molecule has 0 spiro atoms. The monoisotopic (exact) mass is 565 g/mol. The van der Waals surface area contributed by atoms with Crippen LogP contribution in [0.2, 0.25) is 0 Å². The normalized spacial score (nSPS) is 16.9. The molecule has 0 aliphatic carbocycles. The summed E-state index contributed by atoms with van der Waals surface area (Å²) in [5.41, 5.74) is 0. The van der Waals surface area contributed by atoms with E-state index >= 15 is 0 Å². The molecule has 0 bridgehead atoms. The Bertz CT molecular complexity index is 164. The maximum atomic E-state index is 3.15. The first-order valence-corrected chi connectivity index (χ1v) is 32.1. The van der Waals surface area contributed by atoms with Crippen molar-refractivity contribution in [2.24, 2.45) is 0 Å². The smallest absolute Gasteiger partial charge is 0 e. The molecule has 0 aliphatic rings. The Morgan fingerprint density at radius 3 is 1.24 bits per heavy atom. The first kappa shape index (κ1) is 26.7. The van der Waals surface area contributed by atoms with E-state index in [0.717, 1.165) is 7.96 Å². The predicted octanol–water partition coefficient (Wildman–Crippen LogP) is 8.96. The molecule has 12 unspecified atom stereocenters. The summed E-state index contributed by atoms with van der Waals surface area (Å²) >= 11 is 0. The first-order chi connectivity index (χ1) is 7.31. The minimum Gasteiger partial charge on any atom is -0.109 e. The summed E-state index contributed by atoms with van der Waals surface area (Å²) in [6.45, 7) is 1.05. The molecule has 103 valence electrons. The molecule has 1 radical (unpaired) electrons. The molecule has 0 N–H and O–H groups in total. The molecular formula is H18P16V. The second-order valence-corrected chi connectivity index (χ2v) is 61.9. The van der Waals surface area contributed by atoms with E-state index in [1.54, 1.807) is 0 Å². The topological polar surface area (TPSA) is 0 Å². The van der Waals surface area contributed by atoms with E-state index in [1.807, 2.05) is 0 Å². The van der Waals surface area contributed by atoms with Gasteiger partial charge in [0.2, 0.25) is 0 Å². The fourth-order valence-electron chi connectivity index (χ4n) is 0.568. The second-order valence-electron chi connectivity index (χ2n) is 2.29. The third-order valence-electron chi connectivity index (χ3n) is 1.17. The van der Waals surface area contributed by atoms with Crippen LogP contribution in [0.5, 0.6) is 0 Å². The summed E-state index contributed by atoms with van der Waals surface area (Å²) in [6, 6.07) is 0. The third kappa shape index (κ3) is 12.5. The van der Waals surface area contributed by atoms with Crippen LogP contribution in [0.3, 0.4) is 0 Å². The van der Waals surface area contributed by atoms with Crippen LogP contribution in [0.15, 0.2) is 0 Å². The minimum atomic E-state index is 0. The van der Waals surface area contributed by atoms with Crippen LogP contribution < -0.4 is 0 Å². The van der Waals surface area contributed by atoms with Crippen molar-refractivity contribution < 1.29 is 18.6 Å². The van der Waals surface area contributed by atoms with E-state index in [2.05, 4.69) is 71.4 Å². The molecule has 17 heteroatoms. The predicted molar refractivity (Wildman–Crippen MR) is 136 cm³/mol. The molecule has 0 heterocycles. The van der Waals surface area contributed by atoms with Crippen LogP contribution in [-0.2, 0) is 18.6 Å². The molecule has 0 amide bonds. The van der Waals surface area contributed by atoms with Gasteiger partial charge in [0.05, 0.1) is 0 Å². The molecule has 17 heavy (non-hydrogen) atoms. The summed E-state index contributed by atoms with van der Waals surface area (Å²) in [5, 5.41) is 0. The molecule has 0 aliphatic heterocycles. The van der Waals surface area contributed by atoms with E-state index in [1.165, 1.54) is 7.96 Å². The van der Waals surface area contributed by atoms with Gasteiger partial charge in [-0.2, -0.15) is 0 Å². The number of hydrogen-bond acceptors (Lipinski definition) is 0. The Morgan fingerprint density at radius 1 is 0.647 bits per heavy atom. The molecule has 0 rings (SSSR count). The Hall–Kier alpha value is 7.46. The van der Waals surface area contributed by atoms with Gasteiger partial charge in [0, 0.05) is 18.6 Å². The average Bonchev–Trinajstić information content (AvgIpc) is 2.15. The van der Waals surface area contributed by atoms with Crippen LogP contribution in [0.4, 0.5) is 0 Å². The Labute approximate surface area is 146 Å². The zero-order valence-electron chi connectivity index (χ0n) is 8.75. The first-order valence-electron chi connectivity index (χ1n) is 3.57. The largest absolute Gasteiger partial charge is 0.109 e. The SMILES string of the molecule is PPP(P)P(PP(P(P)P)P(P)P)P(P)P.[V]. The molecule has 0 aromatic rings. The fourth-order valence-corrected chi connectivity index (χ4v) is 138. The Balaban J connectivity index is 0. The minimum absolute atomic E-state index is 0. The summed E-state index contributed by atoms with van der Waals surface area (Å²) in [4.78, 5) is 0. The fraction of sp³-hybridized carbons (Fsp3) is 0. The van der Waals surface area contributed by atoms with Gasteiger partial charge in [-0.05, 0) is 49.9 Å². The van der Waals surface area contributed by atoms with Gasteiger partial charge in [-0.1, -0.05) is 7.96 Å². The van der Waals surface area contributed by atoms with Gasteiger partial charge in [0.15, 0.2) is 0 Å². The Kier molecular flexibility index (Phi) is 24.6. The van der Waals surface area contributed by atoms with Crippen molar-refractivity contribution in [2.45, 2.75) is 0 Å². The maximum Gasteiger partial charge on any atom is 0 e. The molecular weight excluding hydrogens is 547 g/mol. The van der Waals surface area contributed by atoms with Crippen LogP contribution >= 0.6 is 129 Å². The van der Waals surface area contributed by atoms with Crippen molar-refractivity contribution in [3.05, 3.63) is 0 Å². The van der Waals surface area contributed by atoms with Crippen LogP contribution in [0.1, 0.15) is 0 Å². The zero-order valence-corrected chi connectivity index (χ0v) is 26.8. The van der Waals surface area contributed by atoms with E-state index < -0.39 is 0 Å². The maximum absolute atomic E-state index is 3.15. The van der Waals surface area contributed by atoms with Crippen molar-refractivity contribution in [2.75, 3.05) is 0 Å². The summed E-state index contributed by atoms with van der Waals surface area (Å²) < 4.78 is 0. The van der Waals surface area contributed by atoms with E-state index in [4.69, 9.17) is 0 Å². The molecule has 0 aromatic heterocycles. The van der Waals surface area contributed by atoms with Crippen LogP contribution in [0, 0.1) is 0 Å². The van der Waals surface area contributed by atoms with E-state index in [0.29, 0.717) is 0 Å².